The van der Waals surface area contributed by atoms with Crippen molar-refractivity contribution in [3.63, 3.8) is 0 Å². The summed E-state index contributed by atoms with van der Waals surface area (Å²) in [6.45, 7) is 1.12. The van der Waals surface area contributed by atoms with Crippen molar-refractivity contribution in [2.24, 2.45) is 16.5 Å². The van der Waals surface area contributed by atoms with Crippen molar-refractivity contribution in [3.8, 4) is 33.9 Å². The average Bonchev–Trinajstić information content (AvgIpc) is 3.17. The maximum absolute atomic E-state index is 13.0. The summed E-state index contributed by atoms with van der Waals surface area (Å²) >= 11 is 5.41. The number of phenolic OH excluding ortho intramolecular Hbond substituents is 2. The highest BCUT2D eigenvalue weighted by Gasteiger charge is 2.23. The number of benzene rings is 4. The van der Waals surface area contributed by atoms with Crippen molar-refractivity contribution < 1.29 is 38.9 Å². The number of carbonyl (C=O) groups excluding carboxylic acids is 2. The molecule has 3 aromatic carbocycles. The molecule has 1 aliphatic carbocycles. The number of amides is 2. The summed E-state index contributed by atoms with van der Waals surface area (Å²) in [5.74, 6) is -1.88. The first kappa shape index (κ1) is 41.2. The molecule has 0 fully saturated rings. The zero-order valence-electron chi connectivity index (χ0n) is 30.5. The molecule has 5 rings (SSSR count). The summed E-state index contributed by atoms with van der Waals surface area (Å²) in [6.07, 6.45) is 3.56. The quantitative estimate of drug-likeness (QED) is 0.0163. The molecule has 1 aliphatic heterocycles. The SMILES string of the molecule is NC(N)=NCCC[C@@H](NC(=O)/C=C\c1ccc(O)cc1)C(=O)NCCOCCNC(=S)Nc1ccc(-c2c3ccc(=O)cc-3oc3cc(O)ccc23)c(C(=O)O)c1. The van der Waals surface area contributed by atoms with E-state index in [9.17, 15) is 34.5 Å². The number of fused-ring (bicyclic) bond motifs is 2. The number of carboxylic acid groups (broad SMARTS) is 1. The van der Waals surface area contributed by atoms with Crippen LogP contribution in [-0.4, -0.2) is 83.1 Å². The molecule has 0 bridgehead atoms. The fraction of sp³-hybridized carbons (Fsp3) is 0.200. The lowest BCUT2D eigenvalue weighted by Crippen LogP contribution is -2.47. The van der Waals surface area contributed by atoms with Gasteiger partial charge in [0.2, 0.25) is 11.8 Å². The van der Waals surface area contributed by atoms with Crippen LogP contribution in [0.25, 0.3) is 39.5 Å². The molecular weight excluding hydrogens is 755 g/mol. The lowest BCUT2D eigenvalue weighted by molar-refractivity contribution is -0.127. The smallest absolute Gasteiger partial charge is 0.336 e. The third-order valence-electron chi connectivity index (χ3n) is 8.43. The molecule has 57 heavy (non-hydrogen) atoms. The van der Waals surface area contributed by atoms with Gasteiger partial charge in [-0.15, -0.1) is 0 Å². The van der Waals surface area contributed by atoms with Crippen molar-refractivity contribution >= 4 is 63.8 Å². The van der Waals surface area contributed by atoms with Crippen LogP contribution >= 0.6 is 12.2 Å². The minimum absolute atomic E-state index is 0.0395. The molecule has 2 amide bonds. The normalized spacial score (nSPS) is 11.6. The summed E-state index contributed by atoms with van der Waals surface area (Å²) in [4.78, 5) is 54.1. The first-order valence-corrected chi connectivity index (χ1v) is 18.1. The number of anilines is 1. The number of thiocarbonyl (C=S) groups is 1. The van der Waals surface area contributed by atoms with Crippen LogP contribution in [0.1, 0.15) is 28.8 Å². The van der Waals surface area contributed by atoms with Crippen molar-refractivity contribution in [1.29, 1.82) is 0 Å². The van der Waals surface area contributed by atoms with Gasteiger partial charge in [-0.1, -0.05) is 18.2 Å². The molecule has 0 saturated heterocycles. The van der Waals surface area contributed by atoms with E-state index in [-0.39, 0.29) is 77.6 Å². The number of hydrogen-bond donors (Lipinski definition) is 9. The summed E-state index contributed by atoms with van der Waals surface area (Å²) < 4.78 is 11.5. The van der Waals surface area contributed by atoms with E-state index in [4.69, 9.17) is 32.8 Å². The average molecular weight is 796 g/mol. The molecule has 1 heterocycles. The number of hydrogen-bond acceptors (Lipinski definition) is 10. The number of phenols is 2. The van der Waals surface area contributed by atoms with E-state index >= 15 is 0 Å². The van der Waals surface area contributed by atoms with Crippen LogP contribution in [0.4, 0.5) is 5.69 Å². The Balaban J connectivity index is 1.11. The zero-order chi connectivity index (χ0) is 40.9. The Hall–Kier alpha value is -6.98. The van der Waals surface area contributed by atoms with Gasteiger partial charge >= 0.3 is 5.97 Å². The third kappa shape index (κ3) is 11.8. The van der Waals surface area contributed by atoms with Gasteiger partial charge in [-0.3, -0.25) is 19.4 Å². The Morgan fingerprint density at radius 3 is 2.35 bits per heavy atom. The van der Waals surface area contributed by atoms with Crippen molar-refractivity contribution in [3.05, 3.63) is 106 Å². The van der Waals surface area contributed by atoms with Crippen LogP contribution in [0.5, 0.6) is 11.5 Å². The molecule has 0 unspecified atom stereocenters. The highest BCUT2D eigenvalue weighted by molar-refractivity contribution is 7.80. The molecule has 0 aromatic heterocycles. The highest BCUT2D eigenvalue weighted by atomic mass is 32.1. The summed E-state index contributed by atoms with van der Waals surface area (Å²) in [5, 5.41) is 41.9. The van der Waals surface area contributed by atoms with E-state index < -0.39 is 23.8 Å². The van der Waals surface area contributed by atoms with Gasteiger partial charge in [0.25, 0.3) is 0 Å². The largest absolute Gasteiger partial charge is 0.508 e. The first-order valence-electron chi connectivity index (χ1n) is 17.7. The van der Waals surface area contributed by atoms with Crippen LogP contribution in [0.2, 0.25) is 0 Å². The zero-order valence-corrected chi connectivity index (χ0v) is 31.3. The van der Waals surface area contributed by atoms with E-state index in [1.165, 1.54) is 48.5 Å². The van der Waals surface area contributed by atoms with Crippen molar-refractivity contribution in [2.75, 3.05) is 38.2 Å². The third-order valence-corrected chi connectivity index (χ3v) is 8.68. The fourth-order valence-corrected chi connectivity index (χ4v) is 6.02. The number of aromatic carboxylic acids is 1. The molecule has 16 nitrogen and oxygen atoms in total. The van der Waals surface area contributed by atoms with Crippen LogP contribution in [0.15, 0.2) is 99.1 Å². The molecule has 0 saturated carbocycles. The van der Waals surface area contributed by atoms with E-state index in [1.807, 2.05) is 0 Å². The summed E-state index contributed by atoms with van der Waals surface area (Å²) in [7, 11) is 0. The Bertz CT molecular complexity index is 2340. The number of carbonyl (C=O) groups is 3. The lowest BCUT2D eigenvalue weighted by atomic mass is 9.90. The monoisotopic (exact) mass is 795 g/mol. The second kappa shape index (κ2) is 19.6. The minimum atomic E-state index is -1.20. The molecule has 1 atom stereocenters. The number of aliphatic imine (C=N–C) groups is 1. The second-order valence-corrected chi connectivity index (χ2v) is 13.0. The minimum Gasteiger partial charge on any atom is -0.508 e. The van der Waals surface area contributed by atoms with Crippen LogP contribution in [-0.2, 0) is 14.3 Å². The molecule has 0 radical (unpaired) electrons. The number of rotatable bonds is 17. The molecule has 11 N–H and O–H groups in total. The van der Waals surface area contributed by atoms with E-state index in [0.29, 0.717) is 46.3 Å². The maximum atomic E-state index is 13.0. The van der Waals surface area contributed by atoms with Gasteiger partial charge in [0.15, 0.2) is 16.5 Å². The van der Waals surface area contributed by atoms with Crippen molar-refractivity contribution in [1.82, 2.24) is 16.0 Å². The number of carboxylic acids is 1. The number of nitrogens with two attached hydrogens (primary N) is 2. The Morgan fingerprint density at radius 1 is 0.895 bits per heavy atom. The van der Waals surface area contributed by atoms with Gasteiger partial charge in [-0.05, 0) is 90.8 Å². The van der Waals surface area contributed by atoms with Gasteiger partial charge in [0, 0.05) is 60.0 Å². The number of nitrogens with one attached hydrogen (secondary N) is 4. The highest BCUT2D eigenvalue weighted by Crippen LogP contribution is 2.42. The maximum Gasteiger partial charge on any atom is 0.336 e. The summed E-state index contributed by atoms with van der Waals surface area (Å²) in [6, 6.07) is 18.9. The molecular formula is C40H41N7O9S. The summed E-state index contributed by atoms with van der Waals surface area (Å²) in [5.41, 5.74) is 13.2. The van der Waals surface area contributed by atoms with Crippen molar-refractivity contribution in [2.45, 2.75) is 18.9 Å². The molecule has 2 aliphatic rings. The second-order valence-electron chi connectivity index (χ2n) is 12.6. The van der Waals surface area contributed by atoms with Crippen LogP contribution in [0.3, 0.4) is 0 Å². The number of aromatic hydroxyl groups is 2. The number of guanidine groups is 1. The Kier molecular flexibility index (Phi) is 14.1. The van der Waals surface area contributed by atoms with Gasteiger partial charge < -0.3 is 57.2 Å². The van der Waals surface area contributed by atoms with Crippen LogP contribution in [0, 0.1) is 0 Å². The molecule has 17 heteroatoms. The predicted octanol–water partition coefficient (Wildman–Crippen LogP) is 3.35. The molecule has 296 valence electrons. The van der Waals surface area contributed by atoms with Gasteiger partial charge in [-0.25, -0.2) is 4.79 Å². The van der Waals surface area contributed by atoms with E-state index in [2.05, 4.69) is 26.3 Å². The topological polar surface area (TPSA) is 264 Å². The van der Waals surface area contributed by atoms with Gasteiger partial charge in [0.1, 0.15) is 28.9 Å². The fourth-order valence-electron chi connectivity index (χ4n) is 5.80. The molecule has 3 aromatic rings. The Morgan fingerprint density at radius 2 is 1.61 bits per heavy atom. The lowest BCUT2D eigenvalue weighted by Gasteiger charge is -2.18. The Labute approximate surface area is 331 Å². The first-order chi connectivity index (χ1) is 27.4. The van der Waals surface area contributed by atoms with E-state index in [0.717, 1.165) is 0 Å². The standard InChI is InChI=1S/C40H41N7O9S/c41-39(42)44-15-1-2-32(47-35(51)14-5-23-3-7-25(48)8-4-23)37(52)43-16-18-55-19-17-45-40(57)46-24-6-11-28(31(20-24)38(53)54)36-29-12-9-26(49)21-33(29)56-34-22-27(50)10-13-30(34)36/h3-14,20-22,32,48-49H,1-2,15-19H2,(H,43,52)(H,47,51)(H,53,54)(H4,41,42,44)(H2,45,46,57)/b14-5-/t32-/m1/s1. The molecule has 0 spiro atoms. The predicted molar refractivity (Wildman–Crippen MR) is 220 cm³/mol. The van der Waals surface area contributed by atoms with E-state index in [1.54, 1.807) is 42.5 Å². The van der Waals surface area contributed by atoms with Gasteiger partial charge in [-0.2, -0.15) is 0 Å². The number of nitrogens with zero attached hydrogens (tertiary/aromatic N) is 1. The number of ether oxygens (including phenoxy) is 1. The van der Waals surface area contributed by atoms with Crippen LogP contribution < -0.4 is 38.2 Å². The van der Waals surface area contributed by atoms with Gasteiger partial charge in [0.05, 0.1) is 18.8 Å².